The summed E-state index contributed by atoms with van der Waals surface area (Å²) in [7, 11) is 4.73. The molecule has 0 saturated heterocycles. The van der Waals surface area contributed by atoms with Gasteiger partial charge in [0.1, 0.15) is 24.2 Å². The van der Waals surface area contributed by atoms with E-state index in [1.807, 2.05) is 24.3 Å². The Morgan fingerprint density at radius 3 is 2.00 bits per heavy atom. The van der Waals surface area contributed by atoms with E-state index >= 15 is 0 Å². The van der Waals surface area contributed by atoms with Gasteiger partial charge in [-0.25, -0.2) is 9.59 Å². The van der Waals surface area contributed by atoms with E-state index in [-0.39, 0.29) is 131 Å². The Kier molecular flexibility index (Phi) is 24.6. The first kappa shape index (κ1) is 59.2. The number of primary amides is 1. The molecular formula is C52H75N9O11. The molecular weight excluding hydrogens is 927 g/mol. The molecule has 3 atom stereocenters. The molecule has 8 amide bonds. The van der Waals surface area contributed by atoms with Gasteiger partial charge in [-0.05, 0) is 68.4 Å². The van der Waals surface area contributed by atoms with Gasteiger partial charge in [0.15, 0.2) is 5.78 Å². The van der Waals surface area contributed by atoms with Crippen LogP contribution in [-0.4, -0.2) is 138 Å². The predicted octanol–water partition coefficient (Wildman–Crippen LogP) is 4.64. The lowest BCUT2D eigenvalue weighted by atomic mass is 9.91. The van der Waals surface area contributed by atoms with E-state index in [9.17, 15) is 47.9 Å². The topological polar surface area (TPSA) is 280 Å². The van der Waals surface area contributed by atoms with Crippen LogP contribution in [-0.2, 0) is 56.1 Å². The Labute approximate surface area is 422 Å². The van der Waals surface area contributed by atoms with Gasteiger partial charge in [-0.1, -0.05) is 58.0 Å². The molecule has 2 aromatic carbocycles. The smallest absolute Gasteiger partial charge is 0.409 e. The average Bonchev–Trinajstić information content (AvgIpc) is 3.74. The monoisotopic (exact) mass is 1000 g/mol. The van der Waals surface area contributed by atoms with Gasteiger partial charge >= 0.3 is 12.1 Å². The largest absolute Gasteiger partial charge is 0.445 e. The number of carbonyl (C=O) groups excluding carboxylic acids is 10. The molecule has 0 aliphatic carbocycles. The quantitative estimate of drug-likeness (QED) is 0.0483. The van der Waals surface area contributed by atoms with E-state index in [2.05, 4.69) is 26.3 Å². The zero-order chi connectivity index (χ0) is 53.5. The highest BCUT2D eigenvalue weighted by Crippen LogP contribution is 2.24. The number of nitrogens with two attached hydrogens (primary N) is 1. The third-order valence-electron chi connectivity index (χ3n) is 12.1. The van der Waals surface area contributed by atoms with E-state index in [0.717, 1.165) is 16.5 Å². The fourth-order valence-electron chi connectivity index (χ4n) is 7.78. The summed E-state index contributed by atoms with van der Waals surface area (Å²) in [6.45, 7) is 9.16. The lowest BCUT2D eigenvalue weighted by molar-refractivity contribution is -0.136. The van der Waals surface area contributed by atoms with E-state index in [0.29, 0.717) is 17.8 Å². The zero-order valence-corrected chi connectivity index (χ0v) is 43.1. The second-order valence-electron chi connectivity index (χ2n) is 18.9. The Hall–Kier alpha value is -7.12. The number of fused-ring (bicyclic) bond motifs is 1. The number of nitrogens with one attached hydrogen (secondary N) is 5. The number of hydrogen-bond acceptors (Lipinski definition) is 11. The summed E-state index contributed by atoms with van der Waals surface area (Å²) in [5, 5.41) is 11.6. The summed E-state index contributed by atoms with van der Waals surface area (Å²) in [6, 6.07) is 11.6. The van der Waals surface area contributed by atoms with Gasteiger partial charge in [0.2, 0.25) is 29.5 Å². The average molecular weight is 1000 g/mol. The van der Waals surface area contributed by atoms with Crippen LogP contribution in [0.15, 0.2) is 54.7 Å². The number of nitrogens with zero attached hydrogens (tertiary/aromatic N) is 3. The SMILES string of the molecule is CC(C)C(=O)[C@H](C)NC(=O)CN(C)C(=O)CCCC(=O)CCCC(=O)C[C@@H](Cc1c[nH]c2ccccc12)C(=O)N[C@@H](CCCNC(N)=O)C(=O)Nc1ccc(COC(=O)N(C)CCN(C)C(=O)C(C)C)cc1. The molecule has 1 aromatic heterocycles. The minimum atomic E-state index is -1.09. The maximum absolute atomic E-state index is 14.2. The standard InChI is InChI=1S/C52H75N9O11/c1-33(2)47(66)35(5)56-45(64)31-61(8)46(65)20-12-15-40(62)14-11-16-41(63)29-37(28-38-30-55-43-18-10-9-17-42(38)43)48(67)58-44(19-13-25-54-51(53)70)49(68)57-39-23-21-36(22-24-39)32-72-52(71)60(7)27-26-59(6)50(69)34(3)4/h9-10,17-18,21-24,30,33-35,37,44,55H,11-16,19-20,25-29,31-32H2,1-8H3,(H,56,64)(H,57,68)(H,58,67)(H3,53,54,70)/t35-,37+,44-/m0/s1. The molecule has 0 aliphatic rings. The maximum Gasteiger partial charge on any atom is 0.409 e. The summed E-state index contributed by atoms with van der Waals surface area (Å²) in [5.41, 5.74) is 7.92. The lowest BCUT2D eigenvalue weighted by Crippen LogP contribution is -2.47. The van der Waals surface area contributed by atoms with Crippen molar-refractivity contribution in [3.05, 3.63) is 65.9 Å². The zero-order valence-electron chi connectivity index (χ0n) is 43.1. The Morgan fingerprint density at radius 1 is 0.708 bits per heavy atom. The van der Waals surface area contributed by atoms with Crippen LogP contribution in [0.1, 0.15) is 104 Å². The molecule has 0 saturated carbocycles. The number of carbonyl (C=O) groups is 10. The summed E-state index contributed by atoms with van der Waals surface area (Å²) in [6.07, 6.45) is 2.30. The van der Waals surface area contributed by atoms with Crippen LogP contribution in [0.25, 0.3) is 10.9 Å². The van der Waals surface area contributed by atoms with Gasteiger partial charge in [-0.2, -0.15) is 0 Å². The van der Waals surface area contributed by atoms with Crippen LogP contribution >= 0.6 is 0 Å². The highest BCUT2D eigenvalue weighted by molar-refractivity contribution is 5.98. The molecule has 1 heterocycles. The second-order valence-corrected chi connectivity index (χ2v) is 18.9. The molecule has 20 nitrogen and oxygen atoms in total. The highest BCUT2D eigenvalue weighted by Gasteiger charge is 2.29. The first-order chi connectivity index (χ1) is 34.1. The summed E-state index contributed by atoms with van der Waals surface area (Å²) >= 11 is 0. The first-order valence-corrected chi connectivity index (χ1v) is 24.6. The fourth-order valence-corrected chi connectivity index (χ4v) is 7.78. The predicted molar refractivity (Wildman–Crippen MR) is 272 cm³/mol. The number of H-pyrrole nitrogens is 1. The molecule has 20 heteroatoms. The number of likely N-dealkylation sites (N-methyl/N-ethyl adjacent to an activating group) is 3. The normalized spacial score (nSPS) is 12.3. The summed E-state index contributed by atoms with van der Waals surface area (Å²) < 4.78 is 5.44. The minimum absolute atomic E-state index is 0.0186. The number of anilines is 1. The van der Waals surface area contributed by atoms with Crippen LogP contribution in [0, 0.1) is 17.8 Å². The van der Waals surface area contributed by atoms with Gasteiger partial charge in [0, 0.05) is 113 Å². The first-order valence-electron chi connectivity index (χ1n) is 24.6. The number of ketones is 3. The molecule has 7 N–H and O–H groups in total. The molecule has 0 spiro atoms. The highest BCUT2D eigenvalue weighted by atomic mass is 16.6. The summed E-state index contributed by atoms with van der Waals surface area (Å²) in [4.78, 5) is 135. The van der Waals surface area contributed by atoms with Crippen LogP contribution in [0.3, 0.4) is 0 Å². The van der Waals surface area contributed by atoms with Crippen LogP contribution in [0.2, 0.25) is 0 Å². The number of rotatable bonds is 31. The molecule has 0 radical (unpaired) electrons. The van der Waals surface area contributed by atoms with Gasteiger partial charge < -0.3 is 51.4 Å². The maximum atomic E-state index is 14.2. The Morgan fingerprint density at radius 2 is 1.35 bits per heavy atom. The van der Waals surface area contributed by atoms with Crippen LogP contribution in [0.5, 0.6) is 0 Å². The number of aromatic nitrogens is 1. The Bertz CT molecular complexity index is 2350. The third kappa shape index (κ3) is 20.7. The van der Waals surface area contributed by atoms with Gasteiger partial charge in [-0.3, -0.25) is 38.4 Å². The number of hydrogen-bond donors (Lipinski definition) is 6. The van der Waals surface area contributed by atoms with Crippen LogP contribution in [0.4, 0.5) is 15.3 Å². The minimum Gasteiger partial charge on any atom is -0.445 e. The van der Waals surface area contributed by atoms with Crippen molar-refractivity contribution in [2.45, 2.75) is 118 Å². The van der Waals surface area contributed by atoms with Crippen molar-refractivity contribution in [3.63, 3.8) is 0 Å². The number of Topliss-reactive ketones (excluding diaryl/α,β-unsaturated/α-hetero) is 3. The number of ether oxygens (including phenoxy) is 1. The molecule has 3 rings (SSSR count). The molecule has 0 bridgehead atoms. The van der Waals surface area contributed by atoms with Crippen molar-refractivity contribution in [2.75, 3.05) is 52.6 Å². The number of aromatic amines is 1. The van der Waals surface area contributed by atoms with Crippen LogP contribution < -0.4 is 27.0 Å². The lowest BCUT2D eigenvalue weighted by Gasteiger charge is -2.23. The van der Waals surface area contributed by atoms with Crippen molar-refractivity contribution in [3.8, 4) is 0 Å². The molecule has 394 valence electrons. The summed E-state index contributed by atoms with van der Waals surface area (Å²) in [5.74, 6) is -3.74. The number of urea groups is 1. The van der Waals surface area contributed by atoms with Crippen molar-refractivity contribution >= 4 is 75.6 Å². The van der Waals surface area contributed by atoms with Gasteiger partial charge in [0.05, 0.1) is 12.6 Å². The molecule has 0 aliphatic heterocycles. The van der Waals surface area contributed by atoms with E-state index < -0.39 is 47.8 Å². The second kappa shape index (κ2) is 29.9. The van der Waals surface area contributed by atoms with Crippen molar-refractivity contribution < 1.29 is 52.7 Å². The van der Waals surface area contributed by atoms with E-state index in [1.165, 1.54) is 16.8 Å². The molecule has 0 unspecified atom stereocenters. The third-order valence-corrected chi connectivity index (χ3v) is 12.1. The number of benzene rings is 2. The van der Waals surface area contributed by atoms with Crippen molar-refractivity contribution in [2.24, 2.45) is 23.5 Å². The van der Waals surface area contributed by atoms with Gasteiger partial charge in [0.25, 0.3) is 0 Å². The Balaban J connectivity index is 1.61. The molecule has 72 heavy (non-hydrogen) atoms. The van der Waals surface area contributed by atoms with Crippen molar-refractivity contribution in [1.29, 1.82) is 0 Å². The van der Waals surface area contributed by atoms with Crippen molar-refractivity contribution in [1.82, 2.24) is 35.6 Å². The molecule has 0 fully saturated rings. The molecule has 3 aromatic rings. The fraction of sp³-hybridized carbons (Fsp3) is 0.538. The van der Waals surface area contributed by atoms with Gasteiger partial charge in [-0.15, -0.1) is 0 Å². The van der Waals surface area contributed by atoms with E-state index in [4.69, 9.17) is 10.5 Å². The number of para-hydroxylation sites is 1. The van der Waals surface area contributed by atoms with E-state index in [1.54, 1.807) is 84.1 Å². The number of amides is 8.